The molecular formula is C26H43BO. The molecule has 28 heavy (non-hydrogen) atoms. The van der Waals surface area contributed by atoms with Gasteiger partial charge in [-0.25, -0.2) is 0 Å². The van der Waals surface area contributed by atoms with Crippen molar-refractivity contribution in [1.29, 1.82) is 0 Å². The highest BCUT2D eigenvalue weighted by Gasteiger charge is 2.37. The summed E-state index contributed by atoms with van der Waals surface area (Å²) in [4.78, 5) is 0. The number of fused-ring (bicyclic) bond motifs is 2. The first kappa shape index (κ1) is 21.9. The van der Waals surface area contributed by atoms with Crippen molar-refractivity contribution in [2.24, 2.45) is 0 Å². The number of unbranched alkanes of at least 4 members (excludes halogenated alkanes) is 8. The van der Waals surface area contributed by atoms with E-state index in [0.717, 1.165) is 31.6 Å². The predicted molar refractivity (Wildman–Crippen MR) is 123 cm³/mol. The molecule has 0 radical (unpaired) electrons. The van der Waals surface area contributed by atoms with Gasteiger partial charge < -0.3 is 4.74 Å². The molecule has 1 aromatic carbocycles. The van der Waals surface area contributed by atoms with Crippen molar-refractivity contribution in [2.75, 3.05) is 6.61 Å². The Hall–Kier alpha value is -0.755. The molecule has 2 heterocycles. The van der Waals surface area contributed by atoms with Crippen LogP contribution in [0.4, 0.5) is 0 Å². The van der Waals surface area contributed by atoms with E-state index in [1.54, 1.807) is 32.0 Å². The van der Waals surface area contributed by atoms with E-state index in [1.807, 2.05) is 0 Å². The van der Waals surface area contributed by atoms with Gasteiger partial charge in [-0.1, -0.05) is 138 Å². The van der Waals surface area contributed by atoms with Crippen LogP contribution in [0.25, 0.3) is 0 Å². The molecule has 3 rings (SSSR count). The summed E-state index contributed by atoms with van der Waals surface area (Å²) < 4.78 is 5.77. The summed E-state index contributed by atoms with van der Waals surface area (Å²) in [6, 6.07) is 10.5. The lowest BCUT2D eigenvalue weighted by atomic mass is 9.26. The molecule has 0 spiro atoms. The van der Waals surface area contributed by atoms with E-state index in [0.29, 0.717) is 0 Å². The summed E-state index contributed by atoms with van der Waals surface area (Å²) >= 11 is 0. The molecule has 2 bridgehead atoms. The van der Waals surface area contributed by atoms with Gasteiger partial charge >= 0.3 is 0 Å². The quantitative estimate of drug-likeness (QED) is 0.232. The molecule has 2 heteroatoms. The lowest BCUT2D eigenvalue weighted by Gasteiger charge is -2.40. The molecule has 0 saturated carbocycles. The van der Waals surface area contributed by atoms with Crippen molar-refractivity contribution in [3.05, 3.63) is 35.9 Å². The lowest BCUT2D eigenvalue weighted by Crippen LogP contribution is -2.34. The monoisotopic (exact) mass is 382 g/mol. The van der Waals surface area contributed by atoms with Gasteiger partial charge in [0.2, 0.25) is 0 Å². The number of hydrogen-bond acceptors (Lipinski definition) is 1. The van der Waals surface area contributed by atoms with Crippen LogP contribution in [0.1, 0.15) is 102 Å². The minimum atomic E-state index is 0.767. The molecule has 0 aliphatic carbocycles. The minimum absolute atomic E-state index is 0.767. The Morgan fingerprint density at radius 3 is 1.82 bits per heavy atom. The Morgan fingerprint density at radius 2 is 1.21 bits per heavy atom. The molecule has 0 aromatic heterocycles. The smallest absolute Gasteiger partial charge is 0.146 e. The zero-order valence-corrected chi connectivity index (χ0v) is 18.3. The molecule has 2 aliphatic heterocycles. The molecule has 0 unspecified atom stereocenters. The molecule has 2 fully saturated rings. The summed E-state index contributed by atoms with van der Waals surface area (Å²) in [5.41, 5.74) is 1.29. The maximum atomic E-state index is 5.77. The van der Waals surface area contributed by atoms with E-state index in [4.69, 9.17) is 4.74 Å². The van der Waals surface area contributed by atoms with Crippen molar-refractivity contribution in [3.63, 3.8) is 0 Å². The zero-order chi connectivity index (χ0) is 19.3. The van der Waals surface area contributed by atoms with E-state index in [9.17, 15) is 0 Å². The number of hydrogen-bond donors (Lipinski definition) is 0. The fourth-order valence-corrected chi connectivity index (χ4v) is 5.87. The van der Waals surface area contributed by atoms with Gasteiger partial charge in [0.15, 0.2) is 0 Å². The maximum Gasteiger partial charge on any atom is 0.146 e. The largest absolute Gasteiger partial charge is 0.377 e. The van der Waals surface area contributed by atoms with Gasteiger partial charge in [0.1, 0.15) is 6.71 Å². The summed E-state index contributed by atoms with van der Waals surface area (Å²) in [6.07, 6.45) is 23.6. The molecule has 2 aliphatic rings. The topological polar surface area (TPSA) is 9.23 Å². The van der Waals surface area contributed by atoms with Crippen LogP contribution < -0.4 is 0 Å². The number of ether oxygens (including phenoxy) is 1. The summed E-state index contributed by atoms with van der Waals surface area (Å²) in [5, 5.41) is 0. The third kappa shape index (κ3) is 7.93. The van der Waals surface area contributed by atoms with Gasteiger partial charge in [0, 0.05) is 6.61 Å². The first-order chi connectivity index (χ1) is 13.9. The Morgan fingerprint density at radius 1 is 0.679 bits per heavy atom. The molecular weight excluding hydrogens is 339 g/mol. The second-order valence-corrected chi connectivity index (χ2v) is 9.55. The average molecular weight is 382 g/mol. The van der Waals surface area contributed by atoms with Gasteiger partial charge in [-0.3, -0.25) is 0 Å². The van der Waals surface area contributed by atoms with Crippen LogP contribution in [0.15, 0.2) is 30.3 Å². The first-order valence-corrected chi connectivity index (χ1v) is 12.5. The highest BCUT2D eigenvalue weighted by atomic mass is 16.5. The van der Waals surface area contributed by atoms with Crippen LogP contribution in [0.5, 0.6) is 0 Å². The highest BCUT2D eigenvalue weighted by Crippen LogP contribution is 2.48. The van der Waals surface area contributed by atoms with Crippen molar-refractivity contribution in [2.45, 2.75) is 121 Å². The third-order valence-corrected chi connectivity index (χ3v) is 7.45. The SMILES string of the molecule is c1ccc(COCCCCCCCCCCCB2C3CCCC2CCC3)cc1. The predicted octanol–water partition coefficient (Wildman–Crippen LogP) is 8.32. The Bertz CT molecular complexity index is 480. The highest BCUT2D eigenvalue weighted by molar-refractivity contribution is 6.62. The number of rotatable bonds is 14. The number of benzene rings is 1. The van der Waals surface area contributed by atoms with Crippen LogP contribution in [-0.2, 0) is 11.3 Å². The minimum Gasteiger partial charge on any atom is -0.377 e. The molecule has 1 nitrogen and oxygen atoms in total. The fourth-order valence-electron chi connectivity index (χ4n) is 5.87. The van der Waals surface area contributed by atoms with Gasteiger partial charge in [-0.05, 0) is 12.0 Å². The maximum absolute atomic E-state index is 5.77. The normalized spacial score (nSPS) is 21.8. The summed E-state index contributed by atoms with van der Waals surface area (Å²) in [5.74, 6) is 2.23. The van der Waals surface area contributed by atoms with Crippen molar-refractivity contribution in [1.82, 2.24) is 0 Å². The van der Waals surface area contributed by atoms with Crippen LogP contribution in [0, 0.1) is 0 Å². The summed E-state index contributed by atoms with van der Waals surface area (Å²) in [6.45, 7) is 2.80. The van der Waals surface area contributed by atoms with E-state index in [-0.39, 0.29) is 0 Å². The molecule has 156 valence electrons. The Balaban J connectivity index is 1.07. The molecule has 2 saturated heterocycles. The summed E-state index contributed by atoms with van der Waals surface area (Å²) in [7, 11) is 0. The molecule has 0 N–H and O–H groups in total. The van der Waals surface area contributed by atoms with Crippen molar-refractivity contribution < 1.29 is 4.74 Å². The van der Waals surface area contributed by atoms with Gasteiger partial charge in [-0.15, -0.1) is 0 Å². The van der Waals surface area contributed by atoms with Crippen molar-refractivity contribution in [3.8, 4) is 0 Å². The van der Waals surface area contributed by atoms with Gasteiger partial charge in [-0.2, -0.15) is 0 Å². The van der Waals surface area contributed by atoms with Crippen LogP contribution >= 0.6 is 0 Å². The van der Waals surface area contributed by atoms with Gasteiger partial charge in [0.05, 0.1) is 6.61 Å². The Labute approximate surface area is 175 Å². The average Bonchev–Trinajstić information content (AvgIpc) is 2.72. The van der Waals surface area contributed by atoms with E-state index in [2.05, 4.69) is 30.3 Å². The Kier molecular flexibility index (Phi) is 10.6. The van der Waals surface area contributed by atoms with Crippen LogP contribution in [0.2, 0.25) is 18.0 Å². The van der Waals surface area contributed by atoms with E-state index in [1.165, 1.54) is 76.2 Å². The standard InChI is InChI=1S/C26H43BO/c1(3-5-7-12-22-28-23-24-15-9-8-10-16-24)2-4-6-11-21-27-25-17-13-18-26(27)20-14-19-25/h8-10,15-16,25-26H,1-7,11-14,17-23H2. The van der Waals surface area contributed by atoms with Gasteiger partial charge in [0.25, 0.3) is 0 Å². The van der Waals surface area contributed by atoms with E-state index < -0.39 is 0 Å². The fraction of sp³-hybridized carbons (Fsp3) is 0.769. The van der Waals surface area contributed by atoms with E-state index >= 15 is 0 Å². The molecule has 1 aromatic rings. The lowest BCUT2D eigenvalue weighted by molar-refractivity contribution is 0.116. The zero-order valence-electron chi connectivity index (χ0n) is 18.3. The van der Waals surface area contributed by atoms with Crippen LogP contribution in [0.3, 0.4) is 0 Å². The second-order valence-electron chi connectivity index (χ2n) is 9.55. The first-order valence-electron chi connectivity index (χ1n) is 12.5. The second kappa shape index (κ2) is 13.5. The molecule has 0 amide bonds. The van der Waals surface area contributed by atoms with Crippen LogP contribution in [-0.4, -0.2) is 13.3 Å². The third-order valence-electron chi connectivity index (χ3n) is 7.45. The molecule has 0 atom stereocenters. The van der Waals surface area contributed by atoms with Crippen molar-refractivity contribution >= 4 is 6.71 Å².